The number of rotatable bonds is 4. The van der Waals surface area contributed by atoms with Gasteiger partial charge in [0, 0.05) is 37.8 Å². The smallest absolute Gasteiger partial charge is 0.227 e. The van der Waals surface area contributed by atoms with Gasteiger partial charge in [0.05, 0.1) is 25.8 Å². The predicted molar refractivity (Wildman–Crippen MR) is 110 cm³/mol. The first kappa shape index (κ1) is 18.8. The third-order valence-corrected chi connectivity index (χ3v) is 5.97. The summed E-state index contributed by atoms with van der Waals surface area (Å²) in [5.41, 5.74) is 3.47. The summed E-state index contributed by atoms with van der Waals surface area (Å²) in [6.45, 7) is 3.14. The summed E-state index contributed by atoms with van der Waals surface area (Å²) in [7, 11) is 1.42. The molecule has 0 saturated carbocycles. The lowest BCUT2D eigenvalue weighted by Gasteiger charge is -2.26. The highest BCUT2D eigenvalue weighted by Crippen LogP contribution is 2.26. The number of ether oxygens (including phenoxy) is 1. The van der Waals surface area contributed by atoms with Gasteiger partial charge in [-0.05, 0) is 36.6 Å². The minimum Gasteiger partial charge on any atom is -0.494 e. The van der Waals surface area contributed by atoms with Gasteiger partial charge in [-0.2, -0.15) is 5.10 Å². The molecule has 8 heteroatoms. The summed E-state index contributed by atoms with van der Waals surface area (Å²) in [6, 6.07) is 6.67. The minimum absolute atomic E-state index is 0.0275. The molecule has 0 unspecified atom stereocenters. The molecule has 2 aliphatic rings. The van der Waals surface area contributed by atoms with Crippen molar-refractivity contribution in [2.75, 3.05) is 31.6 Å². The molecule has 2 aliphatic heterocycles. The molecular weight excluding hydrogens is 385 g/mol. The van der Waals surface area contributed by atoms with Crippen LogP contribution < -0.4 is 9.64 Å². The van der Waals surface area contributed by atoms with E-state index in [9.17, 15) is 9.18 Å². The summed E-state index contributed by atoms with van der Waals surface area (Å²) in [4.78, 5) is 21.9. The van der Waals surface area contributed by atoms with Crippen LogP contribution in [0.4, 0.5) is 10.2 Å². The van der Waals surface area contributed by atoms with Crippen molar-refractivity contribution in [3.05, 3.63) is 53.1 Å². The number of carbonyl (C=O) groups is 1. The molecule has 0 N–H and O–H groups in total. The largest absolute Gasteiger partial charge is 0.494 e. The quantitative estimate of drug-likeness (QED) is 0.663. The van der Waals surface area contributed by atoms with Crippen molar-refractivity contribution in [3.8, 4) is 5.75 Å². The molecule has 1 fully saturated rings. The fourth-order valence-corrected chi connectivity index (χ4v) is 4.33. The van der Waals surface area contributed by atoms with Gasteiger partial charge in [0.25, 0.3) is 0 Å². The van der Waals surface area contributed by atoms with Crippen LogP contribution in [-0.4, -0.2) is 52.1 Å². The topological polar surface area (TPSA) is 63.0 Å². The lowest BCUT2D eigenvalue weighted by Crippen LogP contribution is -2.36. The molecule has 0 aliphatic carbocycles. The normalized spacial score (nSPS) is 16.2. The summed E-state index contributed by atoms with van der Waals surface area (Å²) in [5.74, 6) is 0.671. The van der Waals surface area contributed by atoms with E-state index in [4.69, 9.17) is 9.72 Å². The van der Waals surface area contributed by atoms with Gasteiger partial charge in [-0.15, -0.1) is 0 Å². The molecule has 3 aromatic rings. The Balaban J connectivity index is 1.36. The predicted octanol–water partition coefficient (Wildman–Crippen LogP) is 2.60. The zero-order valence-electron chi connectivity index (χ0n) is 17.0. The highest BCUT2D eigenvalue weighted by atomic mass is 19.1. The van der Waals surface area contributed by atoms with E-state index in [1.807, 2.05) is 21.7 Å². The van der Waals surface area contributed by atoms with E-state index in [0.717, 1.165) is 35.8 Å². The molecular formula is C22H24FN5O2. The molecule has 0 bridgehead atoms. The van der Waals surface area contributed by atoms with Crippen molar-refractivity contribution >= 4 is 17.4 Å². The minimum atomic E-state index is -0.454. The van der Waals surface area contributed by atoms with Crippen LogP contribution in [0.1, 0.15) is 29.7 Å². The third-order valence-electron chi connectivity index (χ3n) is 5.97. The van der Waals surface area contributed by atoms with Gasteiger partial charge in [-0.1, -0.05) is 6.07 Å². The average molecular weight is 409 g/mol. The van der Waals surface area contributed by atoms with Crippen LogP contribution in [0.25, 0.3) is 5.65 Å². The zero-order valence-corrected chi connectivity index (χ0v) is 17.0. The van der Waals surface area contributed by atoms with Crippen LogP contribution in [0.15, 0.2) is 30.5 Å². The number of nitrogens with zero attached hydrogens (tertiary/aromatic N) is 5. The number of hydrogen-bond acceptors (Lipinski definition) is 5. The van der Waals surface area contributed by atoms with Crippen molar-refractivity contribution in [1.29, 1.82) is 0 Å². The zero-order chi connectivity index (χ0) is 20.7. The highest BCUT2D eigenvalue weighted by Gasteiger charge is 2.26. The van der Waals surface area contributed by atoms with Crippen LogP contribution in [0.3, 0.4) is 0 Å². The maximum absolute atomic E-state index is 14.0. The van der Waals surface area contributed by atoms with Gasteiger partial charge in [0.2, 0.25) is 5.91 Å². The van der Waals surface area contributed by atoms with E-state index in [1.165, 1.54) is 26.0 Å². The Labute approximate surface area is 174 Å². The first-order chi connectivity index (χ1) is 14.6. The lowest BCUT2D eigenvalue weighted by atomic mass is 10.1. The van der Waals surface area contributed by atoms with E-state index in [2.05, 4.69) is 10.00 Å². The molecule has 7 nitrogen and oxygen atoms in total. The summed E-state index contributed by atoms with van der Waals surface area (Å²) >= 11 is 0. The second-order valence-corrected chi connectivity index (χ2v) is 7.88. The Kier molecular flexibility index (Phi) is 4.77. The molecule has 2 aromatic heterocycles. The fourth-order valence-electron chi connectivity index (χ4n) is 4.33. The number of benzene rings is 1. The number of carbonyl (C=O) groups excluding carboxylic acids is 1. The molecule has 0 radical (unpaired) electrons. The van der Waals surface area contributed by atoms with Crippen molar-refractivity contribution in [2.24, 2.45) is 0 Å². The Bertz CT molecular complexity index is 1110. The van der Waals surface area contributed by atoms with E-state index in [0.29, 0.717) is 25.1 Å². The first-order valence-corrected chi connectivity index (χ1v) is 10.3. The van der Waals surface area contributed by atoms with Crippen LogP contribution >= 0.6 is 0 Å². The molecule has 1 amide bonds. The maximum atomic E-state index is 14.0. The number of aromatic nitrogens is 3. The Morgan fingerprint density at radius 2 is 2.03 bits per heavy atom. The monoisotopic (exact) mass is 409 g/mol. The fraction of sp³-hybridized carbons (Fsp3) is 0.409. The van der Waals surface area contributed by atoms with Gasteiger partial charge in [-0.25, -0.2) is 13.9 Å². The number of methoxy groups -OCH3 is 1. The van der Waals surface area contributed by atoms with Gasteiger partial charge in [-0.3, -0.25) is 4.79 Å². The van der Waals surface area contributed by atoms with Gasteiger partial charge in [0.1, 0.15) is 5.82 Å². The maximum Gasteiger partial charge on any atom is 0.227 e. The molecule has 156 valence electrons. The average Bonchev–Trinajstić information content (AvgIpc) is 3.41. The van der Waals surface area contributed by atoms with Crippen LogP contribution in [0, 0.1) is 5.82 Å². The first-order valence-electron chi connectivity index (χ1n) is 10.3. The van der Waals surface area contributed by atoms with Crippen molar-refractivity contribution < 1.29 is 13.9 Å². The summed E-state index contributed by atoms with van der Waals surface area (Å²) < 4.78 is 20.7. The SMILES string of the molecule is COc1ccc(CC(=O)N2CCc3nn4ccc(N5CCCC5)nc4c3C2)cc1F. The Hall–Kier alpha value is -3.16. The molecule has 4 heterocycles. The summed E-state index contributed by atoms with van der Waals surface area (Å²) in [6.07, 6.45) is 5.19. The standard InChI is InChI=1S/C22H24FN5O2/c1-30-19-5-4-15(12-17(19)23)13-21(29)27-10-6-18-16(14-27)22-24-20(7-11-28(22)25-18)26-8-2-3-9-26/h4-5,7,11-12H,2-3,6,8-10,13-14H2,1H3. The third kappa shape index (κ3) is 3.36. The number of amides is 1. The van der Waals surface area contributed by atoms with E-state index in [-0.39, 0.29) is 18.1 Å². The number of fused-ring (bicyclic) bond motifs is 3. The van der Waals surface area contributed by atoms with E-state index >= 15 is 0 Å². The van der Waals surface area contributed by atoms with Gasteiger partial charge >= 0.3 is 0 Å². The van der Waals surface area contributed by atoms with Crippen molar-refractivity contribution in [1.82, 2.24) is 19.5 Å². The second-order valence-electron chi connectivity index (χ2n) is 7.88. The summed E-state index contributed by atoms with van der Waals surface area (Å²) in [5, 5.41) is 4.66. The Morgan fingerprint density at radius 1 is 1.20 bits per heavy atom. The van der Waals surface area contributed by atoms with Gasteiger partial charge < -0.3 is 14.5 Å². The van der Waals surface area contributed by atoms with E-state index in [1.54, 1.807) is 12.1 Å². The number of anilines is 1. The van der Waals surface area contributed by atoms with Crippen LogP contribution in [-0.2, 0) is 24.2 Å². The van der Waals surface area contributed by atoms with Crippen molar-refractivity contribution in [3.63, 3.8) is 0 Å². The molecule has 0 atom stereocenters. The lowest BCUT2D eigenvalue weighted by molar-refractivity contribution is -0.131. The second kappa shape index (κ2) is 7.59. The molecule has 5 rings (SSSR count). The van der Waals surface area contributed by atoms with E-state index < -0.39 is 5.82 Å². The van der Waals surface area contributed by atoms with Crippen molar-refractivity contribution in [2.45, 2.75) is 32.2 Å². The molecule has 0 spiro atoms. The van der Waals surface area contributed by atoms with Crippen LogP contribution in [0.2, 0.25) is 0 Å². The number of halogens is 1. The highest BCUT2D eigenvalue weighted by molar-refractivity contribution is 5.79. The Morgan fingerprint density at radius 3 is 2.80 bits per heavy atom. The molecule has 1 aromatic carbocycles. The van der Waals surface area contributed by atoms with Crippen LogP contribution in [0.5, 0.6) is 5.75 Å². The molecule has 30 heavy (non-hydrogen) atoms. The molecule has 1 saturated heterocycles. The number of hydrogen-bond donors (Lipinski definition) is 0. The van der Waals surface area contributed by atoms with Gasteiger partial charge in [0.15, 0.2) is 17.2 Å².